The van der Waals surface area contributed by atoms with Crippen LogP contribution in [0.4, 0.5) is 0 Å². The van der Waals surface area contributed by atoms with Gasteiger partial charge < -0.3 is 9.84 Å². The number of aliphatic carboxylic acids is 1. The highest BCUT2D eigenvalue weighted by Crippen LogP contribution is 2.36. The van der Waals surface area contributed by atoms with E-state index in [0.29, 0.717) is 13.0 Å². The highest BCUT2D eigenvalue weighted by molar-refractivity contribution is 9.10. The Bertz CT molecular complexity index is 575. The lowest BCUT2D eigenvalue weighted by Crippen LogP contribution is -2.54. The summed E-state index contributed by atoms with van der Waals surface area (Å²) in [5.74, 6) is 0.228. The molecule has 3 rings (SSSR count). The van der Waals surface area contributed by atoms with Crippen molar-refractivity contribution in [3.8, 4) is 5.75 Å². The summed E-state index contributed by atoms with van der Waals surface area (Å²) < 4.78 is 6.80. The third kappa shape index (κ3) is 2.69. The van der Waals surface area contributed by atoms with Gasteiger partial charge in [0.1, 0.15) is 11.3 Å². The maximum Gasteiger partial charge on any atom is 0.323 e. The standard InChI is InChI=1S/C16H20BrNO3/c1-16(15(19)20)5-2-3-6-18(16)10-12-9-13(17)8-11-4-7-21-14(11)12/h8-9H,2-7,10H2,1H3,(H,19,20). The number of carboxylic acid groups (broad SMARTS) is 1. The lowest BCUT2D eigenvalue weighted by atomic mass is 9.88. The van der Waals surface area contributed by atoms with Crippen molar-refractivity contribution in [1.82, 2.24) is 4.90 Å². The molecule has 0 saturated carbocycles. The second-order valence-corrected chi connectivity index (χ2v) is 7.02. The molecule has 2 heterocycles. The minimum absolute atomic E-state index is 0.630. The minimum atomic E-state index is -0.772. The maximum absolute atomic E-state index is 11.7. The molecule has 21 heavy (non-hydrogen) atoms. The number of rotatable bonds is 3. The van der Waals surface area contributed by atoms with Crippen LogP contribution in [0.1, 0.15) is 37.3 Å². The van der Waals surface area contributed by atoms with Crippen LogP contribution < -0.4 is 4.74 Å². The molecule has 0 amide bonds. The van der Waals surface area contributed by atoms with Crippen molar-refractivity contribution in [3.05, 3.63) is 27.7 Å². The summed E-state index contributed by atoms with van der Waals surface area (Å²) in [6.45, 7) is 4.01. The summed E-state index contributed by atoms with van der Waals surface area (Å²) in [6.07, 6.45) is 3.67. The van der Waals surface area contributed by atoms with Crippen molar-refractivity contribution in [2.24, 2.45) is 0 Å². The third-order valence-corrected chi connectivity index (χ3v) is 5.14. The fourth-order valence-electron chi connectivity index (χ4n) is 3.34. The first-order valence-corrected chi connectivity index (χ1v) is 8.22. The molecule has 1 unspecified atom stereocenters. The Labute approximate surface area is 133 Å². The summed E-state index contributed by atoms with van der Waals surface area (Å²) in [6, 6.07) is 4.15. The Morgan fingerprint density at radius 2 is 2.29 bits per heavy atom. The van der Waals surface area contributed by atoms with E-state index in [1.165, 1.54) is 5.56 Å². The van der Waals surface area contributed by atoms with Gasteiger partial charge in [-0.3, -0.25) is 9.69 Å². The van der Waals surface area contributed by atoms with E-state index >= 15 is 0 Å². The molecule has 1 aromatic rings. The van der Waals surface area contributed by atoms with E-state index in [2.05, 4.69) is 33.0 Å². The summed E-state index contributed by atoms with van der Waals surface area (Å²) >= 11 is 3.55. The molecule has 0 aromatic heterocycles. The van der Waals surface area contributed by atoms with Crippen LogP contribution in [0.25, 0.3) is 0 Å². The van der Waals surface area contributed by atoms with Gasteiger partial charge in [-0.15, -0.1) is 0 Å². The Morgan fingerprint density at radius 1 is 1.48 bits per heavy atom. The number of nitrogens with zero attached hydrogens (tertiary/aromatic N) is 1. The Balaban J connectivity index is 1.91. The zero-order chi connectivity index (χ0) is 15.0. The van der Waals surface area contributed by atoms with Gasteiger partial charge in [-0.1, -0.05) is 15.9 Å². The van der Waals surface area contributed by atoms with Crippen molar-refractivity contribution in [2.45, 2.75) is 44.7 Å². The molecule has 1 saturated heterocycles. The summed E-state index contributed by atoms with van der Waals surface area (Å²) in [4.78, 5) is 13.8. The number of halogens is 1. The molecule has 2 aliphatic heterocycles. The number of carboxylic acids is 1. The number of fused-ring (bicyclic) bond motifs is 1. The second kappa shape index (κ2) is 5.61. The number of hydrogen-bond donors (Lipinski definition) is 1. The molecule has 0 spiro atoms. The highest BCUT2D eigenvalue weighted by atomic mass is 79.9. The molecule has 4 nitrogen and oxygen atoms in total. The number of ether oxygens (including phenoxy) is 1. The normalized spacial score (nSPS) is 25.4. The van der Waals surface area contributed by atoms with E-state index < -0.39 is 11.5 Å². The van der Waals surface area contributed by atoms with Gasteiger partial charge in [0.05, 0.1) is 6.61 Å². The maximum atomic E-state index is 11.7. The predicted octanol–water partition coefficient (Wildman–Crippen LogP) is 3.21. The lowest BCUT2D eigenvalue weighted by molar-refractivity contribution is -0.153. The van der Waals surface area contributed by atoms with Crippen molar-refractivity contribution in [3.63, 3.8) is 0 Å². The minimum Gasteiger partial charge on any atom is -0.493 e. The average molecular weight is 354 g/mol. The fourth-order valence-corrected chi connectivity index (χ4v) is 3.89. The van der Waals surface area contributed by atoms with Gasteiger partial charge in [-0.25, -0.2) is 0 Å². The molecule has 0 aliphatic carbocycles. The molecule has 5 heteroatoms. The summed E-state index contributed by atoms with van der Waals surface area (Å²) in [7, 11) is 0. The quantitative estimate of drug-likeness (QED) is 0.906. The lowest BCUT2D eigenvalue weighted by Gasteiger charge is -2.41. The van der Waals surface area contributed by atoms with E-state index in [4.69, 9.17) is 4.74 Å². The molecular formula is C16H20BrNO3. The SMILES string of the molecule is CC1(C(=O)O)CCCCN1Cc1cc(Br)cc2c1OCC2. The zero-order valence-corrected chi connectivity index (χ0v) is 13.8. The van der Waals surface area contributed by atoms with Gasteiger partial charge in [-0.2, -0.15) is 0 Å². The van der Waals surface area contributed by atoms with E-state index in [0.717, 1.165) is 48.2 Å². The van der Waals surface area contributed by atoms with Crippen molar-refractivity contribution in [2.75, 3.05) is 13.2 Å². The van der Waals surface area contributed by atoms with Crippen LogP contribution in [0.5, 0.6) is 5.75 Å². The number of likely N-dealkylation sites (tertiary alicyclic amines) is 1. The molecule has 1 aromatic carbocycles. The fraction of sp³-hybridized carbons (Fsp3) is 0.562. The average Bonchev–Trinajstić information content (AvgIpc) is 2.89. The molecule has 1 fully saturated rings. The van der Waals surface area contributed by atoms with E-state index in [1.54, 1.807) is 0 Å². The van der Waals surface area contributed by atoms with Gasteiger partial charge in [0.2, 0.25) is 0 Å². The monoisotopic (exact) mass is 353 g/mol. The van der Waals surface area contributed by atoms with E-state index in [1.807, 2.05) is 6.92 Å². The van der Waals surface area contributed by atoms with Gasteiger partial charge in [0, 0.05) is 23.0 Å². The Hall–Kier alpha value is -1.07. The molecule has 114 valence electrons. The Morgan fingerprint density at radius 3 is 3.05 bits per heavy atom. The van der Waals surface area contributed by atoms with Crippen LogP contribution in [-0.4, -0.2) is 34.7 Å². The van der Waals surface area contributed by atoms with Crippen molar-refractivity contribution in [1.29, 1.82) is 0 Å². The van der Waals surface area contributed by atoms with Crippen LogP contribution in [0.15, 0.2) is 16.6 Å². The second-order valence-electron chi connectivity index (χ2n) is 6.11. The van der Waals surface area contributed by atoms with Gasteiger partial charge in [0.15, 0.2) is 0 Å². The predicted molar refractivity (Wildman–Crippen MR) is 83.6 cm³/mol. The first-order chi connectivity index (χ1) is 10.0. The molecule has 1 atom stereocenters. The van der Waals surface area contributed by atoms with Crippen LogP contribution in [0.3, 0.4) is 0 Å². The van der Waals surface area contributed by atoms with Crippen molar-refractivity contribution >= 4 is 21.9 Å². The number of benzene rings is 1. The number of carbonyl (C=O) groups is 1. The van der Waals surface area contributed by atoms with Gasteiger partial charge in [-0.05, 0) is 50.4 Å². The Kier molecular flexibility index (Phi) is 3.97. The molecular weight excluding hydrogens is 334 g/mol. The van der Waals surface area contributed by atoms with E-state index in [9.17, 15) is 9.90 Å². The van der Waals surface area contributed by atoms with Crippen molar-refractivity contribution < 1.29 is 14.6 Å². The highest BCUT2D eigenvalue weighted by Gasteiger charge is 2.41. The zero-order valence-electron chi connectivity index (χ0n) is 12.2. The summed E-state index contributed by atoms with van der Waals surface area (Å²) in [5, 5.41) is 9.61. The van der Waals surface area contributed by atoms with Crippen LogP contribution in [0.2, 0.25) is 0 Å². The van der Waals surface area contributed by atoms with Gasteiger partial charge in [0.25, 0.3) is 0 Å². The largest absolute Gasteiger partial charge is 0.493 e. The van der Waals surface area contributed by atoms with Gasteiger partial charge >= 0.3 is 5.97 Å². The summed E-state index contributed by atoms with van der Waals surface area (Å²) in [5.41, 5.74) is 1.53. The van der Waals surface area contributed by atoms with Crippen LogP contribution in [0, 0.1) is 0 Å². The topological polar surface area (TPSA) is 49.8 Å². The first-order valence-electron chi connectivity index (χ1n) is 7.43. The van der Waals surface area contributed by atoms with Crippen LogP contribution in [-0.2, 0) is 17.8 Å². The molecule has 0 radical (unpaired) electrons. The molecule has 0 bridgehead atoms. The van der Waals surface area contributed by atoms with E-state index in [-0.39, 0.29) is 0 Å². The number of piperidine rings is 1. The third-order valence-electron chi connectivity index (χ3n) is 4.69. The van der Waals surface area contributed by atoms with Crippen LogP contribution >= 0.6 is 15.9 Å². The smallest absolute Gasteiger partial charge is 0.323 e. The molecule has 2 aliphatic rings. The number of hydrogen-bond acceptors (Lipinski definition) is 3. The molecule has 1 N–H and O–H groups in total. The first kappa shape index (κ1) is 14.9.